The molecule has 18 heavy (non-hydrogen) atoms. The van der Waals surface area contributed by atoms with Crippen LogP contribution in [0.2, 0.25) is 0 Å². The highest BCUT2D eigenvalue weighted by Crippen LogP contribution is 2.25. The van der Waals surface area contributed by atoms with Crippen LogP contribution in [-0.2, 0) is 0 Å². The van der Waals surface area contributed by atoms with Crippen LogP contribution in [0, 0.1) is 0 Å². The van der Waals surface area contributed by atoms with Crippen LogP contribution in [-0.4, -0.2) is 22.2 Å². The molecule has 3 nitrogen and oxygen atoms in total. The molecular weight excluding hydrogens is 362 g/mol. The van der Waals surface area contributed by atoms with E-state index in [0.29, 0.717) is 10.0 Å². The fourth-order valence-corrected chi connectivity index (χ4v) is 2.40. The molecule has 0 aliphatic heterocycles. The van der Waals surface area contributed by atoms with Gasteiger partial charge in [-0.25, -0.2) is 0 Å². The van der Waals surface area contributed by atoms with Crippen molar-refractivity contribution in [1.29, 1.82) is 0 Å². The first-order chi connectivity index (χ1) is 8.04. The highest BCUT2D eigenvalue weighted by atomic mass is 79.9. The average Bonchev–Trinajstić information content (AvgIpc) is 2.14. The highest BCUT2D eigenvalue weighted by molar-refractivity contribution is 9.11. The maximum Gasteiger partial charge on any atom is 0.252 e. The molecule has 0 bridgehead atoms. The number of hydrogen-bond acceptors (Lipinski definition) is 2. The number of amides is 1. The number of aliphatic hydroxyl groups is 1. The second-order valence-electron chi connectivity index (χ2n) is 5.26. The van der Waals surface area contributed by atoms with E-state index in [1.54, 1.807) is 39.8 Å². The first-order valence-electron chi connectivity index (χ1n) is 5.54. The summed E-state index contributed by atoms with van der Waals surface area (Å²) in [6, 6.07) is 5.34. The van der Waals surface area contributed by atoms with Crippen LogP contribution < -0.4 is 5.32 Å². The predicted octanol–water partition coefficient (Wildman–Crippen LogP) is 3.49. The third-order valence-electron chi connectivity index (χ3n) is 3.13. The Hall–Kier alpha value is -0.390. The van der Waals surface area contributed by atoms with Gasteiger partial charge in [-0.1, -0.05) is 15.9 Å². The van der Waals surface area contributed by atoms with Gasteiger partial charge in [-0.2, -0.15) is 0 Å². The Labute approximate surface area is 124 Å². The molecule has 1 amide bonds. The number of rotatable bonds is 3. The molecule has 1 aromatic carbocycles. The number of halogens is 2. The molecule has 0 heterocycles. The normalized spacial score (nSPS) is 12.4. The second kappa shape index (κ2) is 5.31. The largest absolute Gasteiger partial charge is 0.388 e. The summed E-state index contributed by atoms with van der Waals surface area (Å²) in [6.07, 6.45) is 0. The van der Waals surface area contributed by atoms with Gasteiger partial charge in [0.1, 0.15) is 0 Å². The minimum atomic E-state index is -1.01. The lowest BCUT2D eigenvalue weighted by Crippen LogP contribution is -2.57. The minimum absolute atomic E-state index is 0.221. The number of benzene rings is 1. The van der Waals surface area contributed by atoms with E-state index in [0.717, 1.165) is 4.47 Å². The Morgan fingerprint density at radius 1 is 1.22 bits per heavy atom. The third kappa shape index (κ3) is 3.56. The van der Waals surface area contributed by atoms with Gasteiger partial charge in [0.2, 0.25) is 0 Å². The van der Waals surface area contributed by atoms with E-state index in [1.165, 1.54) is 0 Å². The van der Waals surface area contributed by atoms with Gasteiger partial charge < -0.3 is 10.4 Å². The summed E-state index contributed by atoms with van der Waals surface area (Å²) in [5.41, 5.74) is -1.20. The second-order valence-corrected chi connectivity index (χ2v) is 7.03. The molecule has 0 atom stereocenters. The maximum absolute atomic E-state index is 12.2. The molecular formula is C13H17Br2NO2. The Bertz CT molecular complexity index is 465. The van der Waals surface area contributed by atoms with Crippen molar-refractivity contribution in [1.82, 2.24) is 5.32 Å². The van der Waals surface area contributed by atoms with Crippen molar-refractivity contribution in [2.24, 2.45) is 0 Å². The van der Waals surface area contributed by atoms with Crippen molar-refractivity contribution >= 4 is 37.8 Å². The van der Waals surface area contributed by atoms with Gasteiger partial charge in [-0.3, -0.25) is 4.79 Å². The van der Waals surface area contributed by atoms with Gasteiger partial charge in [-0.05, 0) is 61.8 Å². The number of carbonyl (C=O) groups is 1. The molecule has 5 heteroatoms. The average molecular weight is 379 g/mol. The molecule has 0 aromatic heterocycles. The van der Waals surface area contributed by atoms with Crippen LogP contribution in [0.4, 0.5) is 0 Å². The summed E-state index contributed by atoms with van der Waals surface area (Å²) in [5.74, 6) is -0.221. The van der Waals surface area contributed by atoms with Crippen LogP contribution in [0.5, 0.6) is 0 Å². The maximum atomic E-state index is 12.2. The molecule has 100 valence electrons. The molecule has 0 spiro atoms. The van der Waals surface area contributed by atoms with Crippen LogP contribution in [0.3, 0.4) is 0 Å². The Morgan fingerprint density at radius 3 is 2.22 bits per heavy atom. The summed E-state index contributed by atoms with van der Waals surface area (Å²) >= 11 is 6.69. The monoisotopic (exact) mass is 377 g/mol. The Balaban J connectivity index is 2.96. The Morgan fingerprint density at radius 2 is 1.78 bits per heavy atom. The molecule has 2 N–H and O–H groups in total. The standard InChI is InChI=1S/C13H17Br2NO2/c1-12(2,13(3,4)18)16-11(17)9-6-5-8(14)7-10(9)15/h5-7,18H,1-4H3,(H,16,17). The molecule has 1 aromatic rings. The van der Waals surface area contributed by atoms with Gasteiger partial charge in [0.15, 0.2) is 0 Å². The predicted molar refractivity (Wildman–Crippen MR) is 79.7 cm³/mol. The lowest BCUT2D eigenvalue weighted by molar-refractivity contribution is -0.00294. The first-order valence-corrected chi connectivity index (χ1v) is 7.13. The Kier molecular flexibility index (Phi) is 4.62. The number of nitrogens with one attached hydrogen (secondary N) is 1. The summed E-state index contributed by atoms with van der Waals surface area (Å²) in [6.45, 7) is 6.92. The van der Waals surface area contributed by atoms with Gasteiger partial charge in [-0.15, -0.1) is 0 Å². The van der Waals surface area contributed by atoms with Crippen molar-refractivity contribution in [2.75, 3.05) is 0 Å². The third-order valence-corrected chi connectivity index (χ3v) is 4.28. The molecule has 0 unspecified atom stereocenters. The van der Waals surface area contributed by atoms with E-state index in [1.807, 2.05) is 6.07 Å². The smallest absolute Gasteiger partial charge is 0.252 e. The summed E-state index contributed by atoms with van der Waals surface area (Å²) in [5, 5.41) is 12.9. The van der Waals surface area contributed by atoms with E-state index >= 15 is 0 Å². The molecule has 1 rings (SSSR count). The lowest BCUT2D eigenvalue weighted by atomic mass is 9.86. The number of carbonyl (C=O) groups excluding carboxylic acids is 1. The first kappa shape index (κ1) is 15.7. The zero-order valence-corrected chi connectivity index (χ0v) is 14.0. The lowest BCUT2D eigenvalue weighted by Gasteiger charge is -2.38. The molecule has 0 aliphatic rings. The highest BCUT2D eigenvalue weighted by Gasteiger charge is 2.36. The van der Waals surface area contributed by atoms with Gasteiger partial charge in [0.05, 0.1) is 16.7 Å². The number of hydrogen-bond donors (Lipinski definition) is 2. The van der Waals surface area contributed by atoms with E-state index < -0.39 is 11.1 Å². The van der Waals surface area contributed by atoms with E-state index in [4.69, 9.17) is 0 Å². The van der Waals surface area contributed by atoms with Crippen molar-refractivity contribution in [3.8, 4) is 0 Å². The molecule has 0 aliphatic carbocycles. The van der Waals surface area contributed by atoms with Crippen molar-refractivity contribution in [2.45, 2.75) is 38.8 Å². The fourth-order valence-electron chi connectivity index (χ4n) is 1.18. The van der Waals surface area contributed by atoms with Crippen LogP contribution in [0.25, 0.3) is 0 Å². The van der Waals surface area contributed by atoms with Gasteiger partial charge >= 0.3 is 0 Å². The topological polar surface area (TPSA) is 49.3 Å². The summed E-state index contributed by atoms with van der Waals surface area (Å²) < 4.78 is 1.61. The molecule has 0 saturated carbocycles. The molecule has 0 fully saturated rings. The van der Waals surface area contributed by atoms with Crippen LogP contribution in [0.1, 0.15) is 38.1 Å². The van der Waals surface area contributed by atoms with E-state index in [9.17, 15) is 9.90 Å². The zero-order chi connectivity index (χ0) is 14.1. The van der Waals surface area contributed by atoms with Gasteiger partial charge in [0.25, 0.3) is 5.91 Å². The van der Waals surface area contributed by atoms with Gasteiger partial charge in [0, 0.05) is 8.95 Å². The van der Waals surface area contributed by atoms with E-state index in [-0.39, 0.29) is 5.91 Å². The molecule has 0 saturated heterocycles. The SMILES string of the molecule is CC(C)(O)C(C)(C)NC(=O)c1ccc(Br)cc1Br. The van der Waals surface area contributed by atoms with Crippen LogP contribution in [0.15, 0.2) is 27.1 Å². The minimum Gasteiger partial charge on any atom is -0.388 e. The zero-order valence-electron chi connectivity index (χ0n) is 10.8. The molecule has 0 radical (unpaired) electrons. The summed E-state index contributed by atoms with van der Waals surface area (Å²) in [4.78, 5) is 12.2. The van der Waals surface area contributed by atoms with Crippen molar-refractivity contribution < 1.29 is 9.90 Å². The van der Waals surface area contributed by atoms with Crippen molar-refractivity contribution in [3.05, 3.63) is 32.7 Å². The van der Waals surface area contributed by atoms with Crippen LogP contribution >= 0.6 is 31.9 Å². The fraction of sp³-hybridized carbons (Fsp3) is 0.462. The quantitative estimate of drug-likeness (QED) is 0.845. The summed E-state index contributed by atoms with van der Waals surface area (Å²) in [7, 11) is 0. The van der Waals surface area contributed by atoms with E-state index in [2.05, 4.69) is 37.2 Å². The van der Waals surface area contributed by atoms with Crippen molar-refractivity contribution in [3.63, 3.8) is 0 Å².